The molecule has 0 aliphatic heterocycles. The summed E-state index contributed by atoms with van der Waals surface area (Å²) in [5.41, 5.74) is 6.52. The quantitative estimate of drug-likeness (QED) is 0.413. The van der Waals surface area contributed by atoms with Crippen LogP contribution in [0.15, 0.2) is 11.6 Å². The van der Waals surface area contributed by atoms with E-state index < -0.39 is 0 Å². The van der Waals surface area contributed by atoms with Gasteiger partial charge >= 0.3 is 0 Å². The average molecular weight is 114 g/mol. The molecule has 0 amide bonds. The van der Waals surface area contributed by atoms with E-state index in [-0.39, 0.29) is 0 Å². The Morgan fingerprint density at radius 1 is 1.75 bits per heavy atom. The Balaban J connectivity index is 3.12. The van der Waals surface area contributed by atoms with E-state index >= 15 is 0 Å². The maximum absolute atomic E-state index is 5.19. The second kappa shape index (κ2) is 4.81. The molecule has 2 heteroatoms. The zero-order chi connectivity index (χ0) is 6.41. The van der Waals surface area contributed by atoms with Gasteiger partial charge in [0.25, 0.3) is 0 Å². The first-order chi connectivity index (χ1) is 3.81. The smallest absolute Gasteiger partial charge is 0.0431 e. The van der Waals surface area contributed by atoms with Crippen molar-refractivity contribution >= 4 is 0 Å². The molecular weight excluding hydrogens is 100 g/mol. The summed E-state index contributed by atoms with van der Waals surface area (Å²) in [5.74, 6) is 0. The van der Waals surface area contributed by atoms with Crippen molar-refractivity contribution in [3.63, 3.8) is 0 Å². The van der Waals surface area contributed by atoms with Gasteiger partial charge in [-0.3, -0.25) is 0 Å². The molecule has 0 saturated carbocycles. The summed E-state index contributed by atoms with van der Waals surface area (Å²) in [4.78, 5) is 0. The van der Waals surface area contributed by atoms with E-state index in [1.807, 2.05) is 6.92 Å². The number of nitrogens with one attached hydrogen (secondary N) is 1. The van der Waals surface area contributed by atoms with Gasteiger partial charge in [-0.05, 0) is 13.8 Å². The number of hydrogen-bond acceptors (Lipinski definition) is 2. The maximum Gasteiger partial charge on any atom is 0.0431 e. The standard InChI is InChI=1S/C6H14N2/c1-3-6(2)4-8-5-7/h3,8H,4-5,7H2,1-2H3/b6-3+. The minimum Gasteiger partial charge on any atom is -0.318 e. The fourth-order valence-corrected chi connectivity index (χ4v) is 0.371. The highest BCUT2D eigenvalue weighted by molar-refractivity contribution is 4.97. The molecule has 0 aliphatic carbocycles. The molecular formula is C6H14N2. The molecule has 0 atom stereocenters. The van der Waals surface area contributed by atoms with Gasteiger partial charge in [-0.15, -0.1) is 0 Å². The molecule has 0 unspecified atom stereocenters. The fraction of sp³-hybridized carbons (Fsp3) is 0.667. The molecule has 8 heavy (non-hydrogen) atoms. The molecule has 0 fully saturated rings. The molecule has 0 aliphatic rings. The number of rotatable bonds is 3. The van der Waals surface area contributed by atoms with Crippen molar-refractivity contribution in [2.45, 2.75) is 13.8 Å². The molecule has 0 saturated heterocycles. The van der Waals surface area contributed by atoms with Gasteiger partial charge in [-0.25, -0.2) is 0 Å². The van der Waals surface area contributed by atoms with Crippen LogP contribution in [0.3, 0.4) is 0 Å². The SMILES string of the molecule is C/C=C(\C)CNCN. The number of allylic oxidation sites excluding steroid dienone is 1. The van der Waals surface area contributed by atoms with Crippen molar-refractivity contribution in [3.8, 4) is 0 Å². The van der Waals surface area contributed by atoms with Gasteiger partial charge in [-0.2, -0.15) is 0 Å². The van der Waals surface area contributed by atoms with E-state index in [0.29, 0.717) is 6.67 Å². The molecule has 0 aromatic carbocycles. The van der Waals surface area contributed by atoms with Crippen LogP contribution in [-0.4, -0.2) is 13.2 Å². The van der Waals surface area contributed by atoms with Crippen molar-refractivity contribution in [2.24, 2.45) is 5.73 Å². The van der Waals surface area contributed by atoms with Crippen LogP contribution in [0.1, 0.15) is 13.8 Å². The molecule has 0 rings (SSSR count). The molecule has 2 nitrogen and oxygen atoms in total. The summed E-state index contributed by atoms with van der Waals surface area (Å²) in [6.45, 7) is 5.56. The van der Waals surface area contributed by atoms with Gasteiger partial charge in [0.15, 0.2) is 0 Å². The average Bonchev–Trinajstić information content (AvgIpc) is 1.83. The largest absolute Gasteiger partial charge is 0.318 e. The first kappa shape index (κ1) is 7.66. The lowest BCUT2D eigenvalue weighted by Crippen LogP contribution is -2.23. The van der Waals surface area contributed by atoms with Crippen LogP contribution in [0.2, 0.25) is 0 Å². The molecule has 0 spiro atoms. The normalized spacial score (nSPS) is 12.1. The lowest BCUT2D eigenvalue weighted by molar-refractivity contribution is 0.754. The predicted octanol–water partition coefficient (Wildman–Crippen LogP) is 0.458. The van der Waals surface area contributed by atoms with Gasteiger partial charge in [-0.1, -0.05) is 11.6 Å². The van der Waals surface area contributed by atoms with E-state index in [9.17, 15) is 0 Å². The summed E-state index contributed by atoms with van der Waals surface area (Å²) >= 11 is 0. The Morgan fingerprint density at radius 3 is 2.75 bits per heavy atom. The van der Waals surface area contributed by atoms with Gasteiger partial charge in [0.2, 0.25) is 0 Å². The third-order valence-electron chi connectivity index (χ3n) is 1.04. The van der Waals surface area contributed by atoms with E-state index in [1.54, 1.807) is 0 Å². The van der Waals surface area contributed by atoms with E-state index in [2.05, 4.69) is 18.3 Å². The highest BCUT2D eigenvalue weighted by Gasteiger charge is 1.81. The zero-order valence-corrected chi connectivity index (χ0v) is 5.57. The Kier molecular flexibility index (Phi) is 4.61. The highest BCUT2D eigenvalue weighted by Crippen LogP contribution is 1.85. The fourth-order valence-electron chi connectivity index (χ4n) is 0.371. The molecule has 0 bridgehead atoms. The Morgan fingerprint density at radius 2 is 2.38 bits per heavy atom. The van der Waals surface area contributed by atoms with Crippen molar-refractivity contribution < 1.29 is 0 Å². The molecule has 0 heterocycles. The van der Waals surface area contributed by atoms with Crippen molar-refractivity contribution in [1.29, 1.82) is 0 Å². The number of nitrogens with two attached hydrogens (primary N) is 1. The molecule has 3 N–H and O–H groups in total. The van der Waals surface area contributed by atoms with Crippen LogP contribution in [0, 0.1) is 0 Å². The minimum atomic E-state index is 0.561. The third kappa shape index (κ3) is 3.84. The van der Waals surface area contributed by atoms with Gasteiger partial charge in [0.1, 0.15) is 0 Å². The first-order valence-electron chi connectivity index (χ1n) is 2.83. The second-order valence-electron chi connectivity index (χ2n) is 1.77. The zero-order valence-electron chi connectivity index (χ0n) is 5.57. The summed E-state index contributed by atoms with van der Waals surface area (Å²) in [5, 5.41) is 3.01. The van der Waals surface area contributed by atoms with Crippen LogP contribution in [0.25, 0.3) is 0 Å². The number of hydrogen-bond donors (Lipinski definition) is 2. The van der Waals surface area contributed by atoms with Gasteiger partial charge < -0.3 is 11.1 Å². The summed E-state index contributed by atoms with van der Waals surface area (Å²) in [7, 11) is 0. The van der Waals surface area contributed by atoms with Crippen molar-refractivity contribution in [3.05, 3.63) is 11.6 Å². The Hall–Kier alpha value is -0.340. The molecule has 0 radical (unpaired) electrons. The first-order valence-corrected chi connectivity index (χ1v) is 2.83. The topological polar surface area (TPSA) is 38.0 Å². The van der Waals surface area contributed by atoms with Crippen molar-refractivity contribution in [2.75, 3.05) is 13.2 Å². The summed E-state index contributed by atoms with van der Waals surface area (Å²) in [6.07, 6.45) is 2.07. The Bertz CT molecular complexity index is 76.6. The second-order valence-corrected chi connectivity index (χ2v) is 1.77. The van der Waals surface area contributed by atoms with Crippen LogP contribution in [0.4, 0.5) is 0 Å². The van der Waals surface area contributed by atoms with Crippen LogP contribution >= 0.6 is 0 Å². The molecule has 0 aromatic heterocycles. The van der Waals surface area contributed by atoms with Gasteiger partial charge in [0.05, 0.1) is 0 Å². The van der Waals surface area contributed by atoms with E-state index in [4.69, 9.17) is 5.73 Å². The van der Waals surface area contributed by atoms with E-state index in [1.165, 1.54) is 5.57 Å². The lowest BCUT2D eigenvalue weighted by Gasteiger charge is -1.98. The maximum atomic E-state index is 5.19. The molecule has 48 valence electrons. The lowest BCUT2D eigenvalue weighted by atomic mass is 10.3. The van der Waals surface area contributed by atoms with Gasteiger partial charge in [0, 0.05) is 13.2 Å². The highest BCUT2D eigenvalue weighted by atomic mass is 14.9. The molecule has 0 aromatic rings. The van der Waals surface area contributed by atoms with Crippen LogP contribution < -0.4 is 11.1 Å². The Labute approximate surface area is 50.8 Å². The van der Waals surface area contributed by atoms with Crippen molar-refractivity contribution in [1.82, 2.24) is 5.32 Å². The minimum absolute atomic E-state index is 0.561. The van der Waals surface area contributed by atoms with E-state index in [0.717, 1.165) is 6.54 Å². The van der Waals surface area contributed by atoms with Crippen LogP contribution in [-0.2, 0) is 0 Å². The predicted molar refractivity (Wildman–Crippen MR) is 36.5 cm³/mol. The summed E-state index contributed by atoms with van der Waals surface area (Å²) < 4.78 is 0. The monoisotopic (exact) mass is 114 g/mol. The van der Waals surface area contributed by atoms with Crippen LogP contribution in [0.5, 0.6) is 0 Å². The third-order valence-corrected chi connectivity index (χ3v) is 1.04. The summed E-state index contributed by atoms with van der Waals surface area (Å²) in [6, 6.07) is 0.